The van der Waals surface area contributed by atoms with Gasteiger partial charge >= 0.3 is 0 Å². The molecule has 0 saturated carbocycles. The van der Waals surface area contributed by atoms with Crippen molar-refractivity contribution >= 4 is 0 Å². The van der Waals surface area contributed by atoms with Gasteiger partial charge in [0.1, 0.15) is 0 Å². The molecule has 0 spiro atoms. The van der Waals surface area contributed by atoms with Crippen molar-refractivity contribution in [1.29, 1.82) is 0 Å². The fourth-order valence-electron chi connectivity index (χ4n) is 0.842. The van der Waals surface area contributed by atoms with Crippen LogP contribution in [0.4, 0.5) is 0 Å². The van der Waals surface area contributed by atoms with E-state index in [1.165, 1.54) is 0 Å². The summed E-state index contributed by atoms with van der Waals surface area (Å²) >= 11 is 0. The normalized spacial score (nSPS) is 30.4. The quantitative estimate of drug-likeness (QED) is 0.392. The Morgan fingerprint density at radius 1 is 1.50 bits per heavy atom. The molecule has 1 saturated heterocycles. The van der Waals surface area contributed by atoms with Crippen LogP contribution >= 0.6 is 0 Å². The summed E-state index contributed by atoms with van der Waals surface area (Å²) < 4.78 is 0. The first-order valence-corrected chi connectivity index (χ1v) is 2.98. The van der Waals surface area contributed by atoms with Crippen molar-refractivity contribution < 1.29 is 5.11 Å². The molecule has 0 aromatic rings. The molecule has 0 aliphatic carbocycles. The highest BCUT2D eigenvalue weighted by molar-refractivity contribution is 4.73. The van der Waals surface area contributed by atoms with Gasteiger partial charge in [-0.2, -0.15) is 0 Å². The summed E-state index contributed by atoms with van der Waals surface area (Å²) in [7, 11) is 0. The SMILES string of the molecule is OCC1CNCCN1. The molecule has 0 aromatic heterocycles. The molecule has 0 bridgehead atoms. The number of nitrogens with one attached hydrogen (secondary N) is 2. The zero-order valence-corrected chi connectivity index (χ0v) is 4.85. The van der Waals surface area contributed by atoms with E-state index in [4.69, 9.17) is 5.11 Å². The third-order valence-corrected chi connectivity index (χ3v) is 1.35. The number of hydrogen-bond donors (Lipinski definition) is 3. The van der Waals surface area contributed by atoms with Gasteiger partial charge in [-0.05, 0) is 0 Å². The van der Waals surface area contributed by atoms with Crippen molar-refractivity contribution in [3.63, 3.8) is 0 Å². The van der Waals surface area contributed by atoms with E-state index in [-0.39, 0.29) is 12.6 Å². The van der Waals surface area contributed by atoms with Crippen molar-refractivity contribution in [2.45, 2.75) is 6.04 Å². The van der Waals surface area contributed by atoms with E-state index in [0.717, 1.165) is 19.6 Å². The van der Waals surface area contributed by atoms with E-state index in [9.17, 15) is 0 Å². The molecule has 0 aromatic carbocycles. The summed E-state index contributed by atoms with van der Waals surface area (Å²) in [4.78, 5) is 0. The van der Waals surface area contributed by atoms with E-state index < -0.39 is 0 Å². The van der Waals surface area contributed by atoms with Gasteiger partial charge in [0.25, 0.3) is 0 Å². The van der Waals surface area contributed by atoms with Crippen LogP contribution in [0.25, 0.3) is 0 Å². The maximum Gasteiger partial charge on any atom is 0.0597 e. The van der Waals surface area contributed by atoms with Crippen LogP contribution in [0.15, 0.2) is 0 Å². The van der Waals surface area contributed by atoms with Gasteiger partial charge in [0.2, 0.25) is 0 Å². The fourth-order valence-corrected chi connectivity index (χ4v) is 0.842. The van der Waals surface area contributed by atoms with Crippen molar-refractivity contribution in [3.8, 4) is 0 Å². The highest BCUT2D eigenvalue weighted by Gasteiger charge is 2.08. The molecule has 0 radical (unpaired) electrons. The van der Waals surface area contributed by atoms with Crippen molar-refractivity contribution in [3.05, 3.63) is 0 Å². The number of aliphatic hydroxyl groups is 1. The molecular formula is C5H12N2O. The Kier molecular flexibility index (Phi) is 2.27. The lowest BCUT2D eigenvalue weighted by molar-refractivity contribution is 0.227. The number of aliphatic hydroxyl groups excluding tert-OH is 1. The molecule has 1 rings (SSSR count). The number of rotatable bonds is 1. The van der Waals surface area contributed by atoms with Gasteiger partial charge in [0, 0.05) is 25.7 Å². The van der Waals surface area contributed by atoms with Gasteiger partial charge in [0.15, 0.2) is 0 Å². The van der Waals surface area contributed by atoms with Gasteiger partial charge in [-0.1, -0.05) is 0 Å². The van der Waals surface area contributed by atoms with Crippen LogP contribution < -0.4 is 10.6 Å². The van der Waals surface area contributed by atoms with Crippen LogP contribution in [0.3, 0.4) is 0 Å². The first kappa shape index (κ1) is 6.01. The van der Waals surface area contributed by atoms with Crippen LogP contribution in [0, 0.1) is 0 Å². The van der Waals surface area contributed by atoms with Gasteiger partial charge in [-0.25, -0.2) is 0 Å². The smallest absolute Gasteiger partial charge is 0.0597 e. The van der Waals surface area contributed by atoms with Gasteiger partial charge in [-0.15, -0.1) is 0 Å². The Hall–Kier alpha value is -0.120. The summed E-state index contributed by atoms with van der Waals surface area (Å²) in [6, 6.07) is 0.281. The fraction of sp³-hybridized carbons (Fsp3) is 1.00. The molecule has 1 fully saturated rings. The van der Waals surface area contributed by atoms with Crippen molar-refractivity contribution in [1.82, 2.24) is 10.6 Å². The molecule has 8 heavy (non-hydrogen) atoms. The van der Waals surface area contributed by atoms with Crippen molar-refractivity contribution in [2.75, 3.05) is 26.2 Å². The minimum absolute atomic E-state index is 0.243. The van der Waals surface area contributed by atoms with E-state index in [1.807, 2.05) is 0 Å². The first-order valence-electron chi connectivity index (χ1n) is 2.98. The molecule has 3 nitrogen and oxygen atoms in total. The average molecular weight is 116 g/mol. The molecule has 1 atom stereocenters. The van der Waals surface area contributed by atoms with Gasteiger partial charge in [-0.3, -0.25) is 0 Å². The Labute approximate surface area is 49.1 Å². The van der Waals surface area contributed by atoms with Gasteiger partial charge < -0.3 is 15.7 Å². The van der Waals surface area contributed by atoms with E-state index in [1.54, 1.807) is 0 Å². The molecule has 3 heteroatoms. The second kappa shape index (κ2) is 3.02. The summed E-state index contributed by atoms with van der Waals surface area (Å²) in [6.45, 7) is 3.14. The largest absolute Gasteiger partial charge is 0.395 e. The van der Waals surface area contributed by atoms with E-state index >= 15 is 0 Å². The Morgan fingerprint density at radius 3 is 2.75 bits per heavy atom. The summed E-state index contributed by atoms with van der Waals surface area (Å²) in [5.41, 5.74) is 0. The highest BCUT2D eigenvalue weighted by atomic mass is 16.3. The molecule has 1 unspecified atom stereocenters. The van der Waals surface area contributed by atoms with Gasteiger partial charge in [0.05, 0.1) is 6.61 Å². The zero-order valence-electron chi connectivity index (χ0n) is 4.85. The second-order valence-corrected chi connectivity index (χ2v) is 2.04. The average Bonchev–Trinajstić information content (AvgIpc) is 1.90. The Balaban J connectivity index is 2.13. The molecule has 0 amide bonds. The maximum atomic E-state index is 8.59. The molecule has 48 valence electrons. The molecule has 3 N–H and O–H groups in total. The third kappa shape index (κ3) is 1.43. The molecule has 1 heterocycles. The Morgan fingerprint density at radius 2 is 2.38 bits per heavy atom. The van der Waals surface area contributed by atoms with Crippen molar-refractivity contribution in [2.24, 2.45) is 0 Å². The van der Waals surface area contributed by atoms with Crippen LogP contribution in [-0.2, 0) is 0 Å². The summed E-state index contributed by atoms with van der Waals surface area (Å²) in [6.07, 6.45) is 0. The van der Waals surface area contributed by atoms with Crippen LogP contribution in [-0.4, -0.2) is 37.4 Å². The maximum absolute atomic E-state index is 8.59. The molecule has 1 aliphatic heterocycles. The second-order valence-electron chi connectivity index (χ2n) is 2.04. The predicted molar refractivity (Wildman–Crippen MR) is 31.7 cm³/mol. The van der Waals surface area contributed by atoms with Crippen LogP contribution in [0.5, 0.6) is 0 Å². The lowest BCUT2D eigenvalue weighted by atomic mass is 10.2. The highest BCUT2D eigenvalue weighted by Crippen LogP contribution is 1.82. The third-order valence-electron chi connectivity index (χ3n) is 1.35. The zero-order chi connectivity index (χ0) is 5.82. The minimum Gasteiger partial charge on any atom is -0.395 e. The lowest BCUT2D eigenvalue weighted by Crippen LogP contribution is -2.49. The topological polar surface area (TPSA) is 44.3 Å². The molecule has 1 aliphatic rings. The standard InChI is InChI=1S/C5H12N2O/c8-4-5-3-6-1-2-7-5/h5-8H,1-4H2. The minimum atomic E-state index is 0.243. The Bertz CT molecular complexity index is 61.4. The van der Waals surface area contributed by atoms with E-state index in [0.29, 0.717) is 0 Å². The summed E-state index contributed by atoms with van der Waals surface area (Å²) in [5.74, 6) is 0. The van der Waals surface area contributed by atoms with E-state index in [2.05, 4.69) is 10.6 Å². The monoisotopic (exact) mass is 116 g/mol. The number of piperazine rings is 1. The first-order chi connectivity index (χ1) is 3.93. The molecular weight excluding hydrogens is 104 g/mol. The van der Waals surface area contributed by atoms with Crippen LogP contribution in [0.1, 0.15) is 0 Å². The number of hydrogen-bond acceptors (Lipinski definition) is 3. The lowest BCUT2D eigenvalue weighted by Gasteiger charge is -2.21. The predicted octanol–water partition coefficient (Wildman–Crippen LogP) is -1.46. The summed E-state index contributed by atoms with van der Waals surface area (Å²) in [5, 5.41) is 14.9. The van der Waals surface area contributed by atoms with Crippen LogP contribution in [0.2, 0.25) is 0 Å².